The number of nitrogens with zero attached hydrogens (tertiary/aromatic N) is 3. The standard InChI is InChI=1S/C30H34N2O4.C28H30N2O4.C23H26BrNO4.C7H10BNO2.ClH.Li.H2O/c1-5-35-30(33)17-24-16-25(34-4)9-10-29(24)36-19-22-14-27(23-8-6-7-21(13-23)18-31)26-11-12-32(20(2)3)28(26)15-22;1-18(2)30-10-9-24-25(21-6-4-5-19(11-21)16-29)12-20(13-26(24)30)17-34-27-8-7-23(33-3)14-22(27)15-28(31)32;1-5-28-23(26)13-17-12-18(27-4)6-7-22(17)29-14-16-10-20(24)19-8-9-25(15(2)3)21(19)11-16;9-5-6-2-1-3-7(4-6)8(10)11;;;/h6-16,20H,5,17-19,31H2,1-4H3;4-14,18H,15-17,29H2,1-3H3,(H,31,32);6-12,15H,5,13-14H2,1-4H3;1-4,10-11H,5,9H2;1H;;1H2/q;;;;;+1;/p-1. The van der Waals surface area contributed by atoms with Gasteiger partial charge >= 0.3 is 43.9 Å². The number of aromatic nitrogens is 3. The number of nitrogens with two attached hydrogens (primary N) is 3. The number of carbonyl (C=O) groups is 3. The molecule has 0 bridgehead atoms. The Morgan fingerprint density at radius 1 is 0.442 bits per heavy atom. The van der Waals surface area contributed by atoms with Crippen molar-refractivity contribution in [1.82, 2.24) is 13.7 Å². The smallest absolute Gasteiger partial charge is 0.870 e. The van der Waals surface area contributed by atoms with Crippen LogP contribution in [0, 0.1) is 0 Å². The zero-order valence-corrected chi connectivity index (χ0v) is 68.7. The van der Waals surface area contributed by atoms with Gasteiger partial charge in [-0.1, -0.05) is 76.6 Å². The third-order valence-corrected chi connectivity index (χ3v) is 19.0. The second-order valence-corrected chi connectivity index (χ2v) is 27.9. The van der Waals surface area contributed by atoms with Crippen LogP contribution in [-0.4, -0.2) is 93.9 Å². The third kappa shape index (κ3) is 24.8. The summed E-state index contributed by atoms with van der Waals surface area (Å²) >= 11 is 3.67. The number of carboxylic acid groups (broad SMARTS) is 1. The number of aliphatic carboxylic acids is 1. The number of hydrogen-bond donors (Lipinski definition) is 6. The third-order valence-electron chi connectivity index (χ3n) is 18.4. The van der Waals surface area contributed by atoms with Crippen LogP contribution in [0.5, 0.6) is 34.5 Å². The Morgan fingerprint density at radius 3 is 1.13 bits per heavy atom. The number of ether oxygens (including phenoxy) is 8. The Hall–Kier alpha value is -10.00. The molecule has 3 aromatic heterocycles. The number of methoxy groups -OCH3 is 3. The van der Waals surface area contributed by atoms with Crippen molar-refractivity contribution in [3.8, 4) is 56.8 Å². The van der Waals surface area contributed by atoms with E-state index in [4.69, 9.17) is 65.1 Å². The van der Waals surface area contributed by atoms with Gasteiger partial charge in [-0.15, -0.1) is 12.4 Å². The van der Waals surface area contributed by atoms with Gasteiger partial charge in [0.2, 0.25) is 0 Å². The van der Waals surface area contributed by atoms with E-state index < -0.39 is 13.1 Å². The van der Waals surface area contributed by atoms with Gasteiger partial charge in [-0.3, -0.25) is 14.4 Å². The van der Waals surface area contributed by atoms with Crippen LogP contribution in [0.15, 0.2) is 205 Å². The summed E-state index contributed by atoms with van der Waals surface area (Å²) in [6.45, 7) is 19.7. The summed E-state index contributed by atoms with van der Waals surface area (Å²) in [5, 5.41) is 30.4. The second kappa shape index (κ2) is 44.5. The fourth-order valence-electron chi connectivity index (χ4n) is 12.9. The number of halogens is 2. The summed E-state index contributed by atoms with van der Waals surface area (Å²) < 4.78 is 52.4. The molecule has 21 nitrogen and oxygen atoms in total. The molecule has 10 N–H and O–H groups in total. The van der Waals surface area contributed by atoms with E-state index in [0.717, 1.165) is 87.8 Å². The minimum absolute atomic E-state index is 0. The van der Waals surface area contributed by atoms with Gasteiger partial charge in [-0.2, -0.15) is 0 Å². The first-order chi connectivity index (χ1) is 53.0. The Kier molecular flexibility index (Phi) is 36.1. The Morgan fingerprint density at radius 2 is 0.788 bits per heavy atom. The Bertz CT molecular complexity index is 5120. The maximum absolute atomic E-state index is 12.2. The molecule has 0 aliphatic carbocycles. The van der Waals surface area contributed by atoms with E-state index in [1.807, 2.05) is 66.7 Å². The molecular formula is C88H102BBrClLiN6O15. The number of carboxylic acids is 1. The fraction of sp³-hybridized carbons (Fsp3) is 0.284. The molecular weight excluding hydrogens is 1510 g/mol. The minimum atomic E-state index is -1.40. The molecule has 0 fully saturated rings. The molecule has 12 rings (SSSR count). The van der Waals surface area contributed by atoms with Gasteiger partial charge < -0.3 is 89.4 Å². The normalized spacial score (nSPS) is 10.7. The van der Waals surface area contributed by atoms with E-state index in [1.54, 1.807) is 71.6 Å². The van der Waals surface area contributed by atoms with E-state index in [1.165, 1.54) is 16.2 Å². The van der Waals surface area contributed by atoms with Crippen LogP contribution >= 0.6 is 28.3 Å². The number of fused-ring (bicyclic) bond motifs is 3. The van der Waals surface area contributed by atoms with Crippen LogP contribution in [0.4, 0.5) is 0 Å². The Labute approximate surface area is 688 Å². The molecule has 0 saturated carbocycles. The molecule has 0 aliphatic rings. The number of rotatable bonds is 29. The van der Waals surface area contributed by atoms with Crippen molar-refractivity contribution in [2.75, 3.05) is 34.5 Å². The van der Waals surface area contributed by atoms with E-state index >= 15 is 0 Å². The van der Waals surface area contributed by atoms with Gasteiger partial charge in [0.15, 0.2) is 0 Å². The summed E-state index contributed by atoms with van der Waals surface area (Å²) in [6, 6.07) is 60.0. The van der Waals surface area contributed by atoms with Crippen LogP contribution in [0.2, 0.25) is 0 Å². The number of benzene rings is 9. The molecule has 592 valence electrons. The van der Waals surface area contributed by atoms with Crippen LogP contribution in [0.3, 0.4) is 0 Å². The van der Waals surface area contributed by atoms with E-state index in [9.17, 15) is 19.5 Å². The van der Waals surface area contributed by atoms with Crippen molar-refractivity contribution in [3.63, 3.8) is 0 Å². The summed E-state index contributed by atoms with van der Waals surface area (Å²) in [4.78, 5) is 35.5. The van der Waals surface area contributed by atoms with E-state index in [2.05, 4.69) is 169 Å². The SMILES string of the molecule is CCOC(=O)Cc1cc(OC)ccc1OCc1cc(-c2cccc(CN)c2)c2ccn(C(C)C)c2c1.CCOC(=O)Cc1cc(OC)ccc1OCc1cc(Br)c2ccn(C(C)C)c2c1.COc1ccc(OCc2cc(-c3cccc(CN)c3)c3ccn(C(C)C)c3c2)c(CC(=O)O)c1.Cl.NCc1cccc(B(O)O)c1.[Li+].[OH-]. The van der Waals surface area contributed by atoms with Crippen LogP contribution in [0.25, 0.3) is 55.0 Å². The average Bonchev–Trinajstić information content (AvgIpc) is 1.66. The largest absolute Gasteiger partial charge is 1.00 e. The molecule has 25 heteroatoms. The van der Waals surface area contributed by atoms with Crippen molar-refractivity contribution >= 4 is 91.5 Å². The molecule has 0 amide bonds. The first-order valence-electron chi connectivity index (χ1n) is 36.7. The van der Waals surface area contributed by atoms with Gasteiger partial charge in [-0.05, 0) is 238 Å². The average molecular weight is 1620 g/mol. The summed E-state index contributed by atoms with van der Waals surface area (Å²) in [5.74, 6) is 2.26. The molecule has 0 radical (unpaired) electrons. The van der Waals surface area contributed by atoms with Crippen LogP contribution in [0.1, 0.15) is 124 Å². The number of hydrogen-bond acceptors (Lipinski definition) is 17. The van der Waals surface area contributed by atoms with Crippen molar-refractivity contribution in [2.45, 2.75) is 132 Å². The Balaban J connectivity index is 0.000000245. The van der Waals surface area contributed by atoms with Crippen molar-refractivity contribution in [1.29, 1.82) is 0 Å². The predicted octanol–water partition coefficient (Wildman–Crippen LogP) is 13.4. The maximum Gasteiger partial charge on any atom is 1.00 e. The van der Waals surface area contributed by atoms with Gasteiger partial charge in [0, 0.05) is 110 Å². The van der Waals surface area contributed by atoms with Crippen LogP contribution < -0.4 is 69.9 Å². The molecule has 0 atom stereocenters. The molecule has 0 saturated heterocycles. The molecule has 9 aromatic carbocycles. The summed E-state index contributed by atoms with van der Waals surface area (Å²) in [5.41, 5.74) is 33.8. The van der Waals surface area contributed by atoms with Gasteiger partial charge in [-0.25, -0.2) is 0 Å². The van der Waals surface area contributed by atoms with E-state index in [-0.39, 0.29) is 67.9 Å². The second-order valence-electron chi connectivity index (χ2n) is 27.1. The zero-order valence-electron chi connectivity index (χ0n) is 66.3. The minimum Gasteiger partial charge on any atom is -0.870 e. The van der Waals surface area contributed by atoms with Gasteiger partial charge in [0.1, 0.15) is 54.3 Å². The zero-order chi connectivity index (χ0) is 79.1. The molecule has 12 aromatic rings. The first kappa shape index (κ1) is 91.9. The summed E-state index contributed by atoms with van der Waals surface area (Å²) in [7, 11) is 3.35. The molecule has 0 aliphatic heterocycles. The molecule has 0 spiro atoms. The fourth-order valence-corrected chi connectivity index (χ4v) is 13.5. The van der Waals surface area contributed by atoms with E-state index in [0.29, 0.717) is 116 Å². The molecule has 113 heavy (non-hydrogen) atoms. The first-order valence-corrected chi connectivity index (χ1v) is 37.5. The topological polar surface area (TPSA) is 309 Å². The van der Waals surface area contributed by atoms with Gasteiger partial charge in [0.05, 0.1) is 53.8 Å². The summed E-state index contributed by atoms with van der Waals surface area (Å²) in [6.07, 6.45) is 6.47. The number of carbonyl (C=O) groups excluding carboxylic acids is 2. The molecule has 0 unspecified atom stereocenters. The number of esters is 2. The maximum atomic E-state index is 12.2. The van der Waals surface area contributed by atoms with Crippen molar-refractivity contribution < 1.29 is 91.8 Å². The molecule has 3 heterocycles. The van der Waals surface area contributed by atoms with Crippen molar-refractivity contribution in [3.05, 3.63) is 255 Å². The quantitative estimate of drug-likeness (QED) is 0.0187. The van der Waals surface area contributed by atoms with Gasteiger partial charge in [0.25, 0.3) is 0 Å². The van der Waals surface area contributed by atoms with Crippen molar-refractivity contribution in [2.24, 2.45) is 17.2 Å². The van der Waals surface area contributed by atoms with Crippen LogP contribution in [-0.2, 0) is 82.6 Å². The predicted molar refractivity (Wildman–Crippen MR) is 449 cm³/mol. The monoisotopic (exact) mass is 1610 g/mol.